The van der Waals surface area contributed by atoms with Crippen LogP contribution in [0, 0.1) is 0 Å². The summed E-state index contributed by atoms with van der Waals surface area (Å²) < 4.78 is 5.68. The first-order valence-corrected chi connectivity index (χ1v) is 11.3. The van der Waals surface area contributed by atoms with Crippen molar-refractivity contribution in [3.05, 3.63) is 35.5 Å². The molecule has 0 aromatic heterocycles. The van der Waals surface area contributed by atoms with E-state index in [9.17, 15) is 9.59 Å². The fourth-order valence-electron chi connectivity index (χ4n) is 3.98. The quantitative estimate of drug-likeness (QED) is 0.435. The Bertz CT molecular complexity index is 764. The number of carbonyl (C=O) groups is 2. The third-order valence-corrected chi connectivity index (χ3v) is 5.81. The number of hydrogen-bond acceptors (Lipinski definition) is 5. The van der Waals surface area contributed by atoms with E-state index in [4.69, 9.17) is 4.74 Å². The summed E-state index contributed by atoms with van der Waals surface area (Å²) in [4.78, 5) is 32.5. The Morgan fingerprint density at radius 2 is 1.57 bits per heavy atom. The second-order valence-electron chi connectivity index (χ2n) is 8.21. The second kappa shape index (κ2) is 10.6. The lowest BCUT2D eigenvalue weighted by atomic mass is 10.0. The van der Waals surface area contributed by atoms with E-state index in [0.29, 0.717) is 24.4 Å². The minimum Gasteiger partial charge on any atom is -0.494 e. The van der Waals surface area contributed by atoms with E-state index in [-0.39, 0.29) is 11.8 Å². The van der Waals surface area contributed by atoms with Crippen LogP contribution in [0.5, 0.6) is 5.75 Å². The number of unbranched alkanes of at least 4 members (excludes halogenated alkanes) is 3. The van der Waals surface area contributed by atoms with Crippen LogP contribution in [0.3, 0.4) is 0 Å². The number of benzene rings is 1. The molecule has 164 valence electrons. The van der Waals surface area contributed by atoms with Crippen LogP contribution in [0.15, 0.2) is 30.0 Å². The summed E-state index contributed by atoms with van der Waals surface area (Å²) in [5.74, 6) is 0.491. The number of imide groups is 1. The smallest absolute Gasteiger partial charge is 0.277 e. The highest BCUT2D eigenvalue weighted by Gasteiger charge is 2.41. The molecule has 30 heavy (non-hydrogen) atoms. The van der Waals surface area contributed by atoms with Gasteiger partial charge in [-0.05, 0) is 37.6 Å². The molecule has 0 N–H and O–H groups in total. The van der Waals surface area contributed by atoms with Gasteiger partial charge in [0, 0.05) is 32.7 Å². The van der Waals surface area contributed by atoms with Crippen LogP contribution in [0.25, 0.3) is 5.57 Å². The molecule has 0 bridgehead atoms. The maximum Gasteiger partial charge on any atom is 0.277 e. The Balaban J connectivity index is 1.87. The molecule has 0 unspecified atom stereocenters. The van der Waals surface area contributed by atoms with E-state index in [2.05, 4.69) is 30.7 Å². The number of carbonyl (C=O) groups excluding carboxylic acids is 2. The van der Waals surface area contributed by atoms with Gasteiger partial charge in [0.2, 0.25) is 0 Å². The van der Waals surface area contributed by atoms with Gasteiger partial charge in [-0.1, -0.05) is 45.2 Å². The number of hydrogen-bond donors (Lipinski definition) is 0. The van der Waals surface area contributed by atoms with Crippen LogP contribution >= 0.6 is 0 Å². The highest BCUT2D eigenvalue weighted by atomic mass is 16.5. The van der Waals surface area contributed by atoms with Crippen molar-refractivity contribution in [2.45, 2.75) is 46.0 Å². The van der Waals surface area contributed by atoms with Crippen LogP contribution in [0.4, 0.5) is 0 Å². The number of piperazine rings is 1. The monoisotopic (exact) mass is 413 g/mol. The maximum atomic E-state index is 13.3. The van der Waals surface area contributed by atoms with Crippen molar-refractivity contribution in [1.29, 1.82) is 0 Å². The summed E-state index contributed by atoms with van der Waals surface area (Å²) in [5, 5.41) is 0. The molecule has 6 nitrogen and oxygen atoms in total. The summed E-state index contributed by atoms with van der Waals surface area (Å²) in [7, 11) is 2.09. The van der Waals surface area contributed by atoms with Gasteiger partial charge >= 0.3 is 0 Å². The zero-order valence-electron chi connectivity index (χ0n) is 18.7. The van der Waals surface area contributed by atoms with Gasteiger partial charge < -0.3 is 14.5 Å². The summed E-state index contributed by atoms with van der Waals surface area (Å²) in [6.07, 6.45) is 5.10. The molecule has 0 spiro atoms. The molecule has 0 atom stereocenters. The van der Waals surface area contributed by atoms with E-state index >= 15 is 0 Å². The van der Waals surface area contributed by atoms with Crippen LogP contribution < -0.4 is 4.74 Å². The molecule has 2 aliphatic rings. The Kier molecular flexibility index (Phi) is 7.91. The zero-order valence-corrected chi connectivity index (χ0v) is 18.7. The Labute approximate surface area is 180 Å². The lowest BCUT2D eigenvalue weighted by Crippen LogP contribution is -2.46. The van der Waals surface area contributed by atoms with Crippen molar-refractivity contribution >= 4 is 17.4 Å². The molecule has 2 heterocycles. The maximum absolute atomic E-state index is 13.3. The predicted octanol–water partition coefficient (Wildman–Crippen LogP) is 3.38. The van der Waals surface area contributed by atoms with E-state index in [1.807, 2.05) is 24.3 Å². The SMILES string of the molecule is CCCCCCN1C(=O)C(c2ccc(OCCC)cc2)=C(N2CCN(C)CC2)C1=O. The van der Waals surface area contributed by atoms with Gasteiger partial charge in [0.25, 0.3) is 11.8 Å². The number of nitrogens with zero attached hydrogens (tertiary/aromatic N) is 3. The average Bonchev–Trinajstić information content (AvgIpc) is 3.00. The molecule has 1 fully saturated rings. The number of ether oxygens (including phenoxy) is 1. The van der Waals surface area contributed by atoms with Gasteiger partial charge in [-0.25, -0.2) is 0 Å². The minimum atomic E-state index is -0.160. The molecule has 6 heteroatoms. The van der Waals surface area contributed by atoms with Gasteiger partial charge in [-0.3, -0.25) is 14.5 Å². The van der Waals surface area contributed by atoms with Crippen molar-refractivity contribution in [3.63, 3.8) is 0 Å². The first-order valence-electron chi connectivity index (χ1n) is 11.3. The van der Waals surface area contributed by atoms with E-state index in [1.54, 1.807) is 0 Å². The first-order chi connectivity index (χ1) is 14.6. The van der Waals surface area contributed by atoms with Gasteiger partial charge in [-0.15, -0.1) is 0 Å². The topological polar surface area (TPSA) is 53.1 Å². The lowest BCUT2D eigenvalue weighted by Gasteiger charge is -2.34. The van der Waals surface area contributed by atoms with Crippen molar-refractivity contribution < 1.29 is 14.3 Å². The van der Waals surface area contributed by atoms with Crippen molar-refractivity contribution in [2.75, 3.05) is 46.4 Å². The summed E-state index contributed by atoms with van der Waals surface area (Å²) in [6.45, 7) is 8.68. The summed E-state index contributed by atoms with van der Waals surface area (Å²) in [6, 6.07) is 7.59. The Morgan fingerprint density at radius 3 is 2.20 bits per heavy atom. The highest BCUT2D eigenvalue weighted by Crippen LogP contribution is 2.33. The van der Waals surface area contributed by atoms with E-state index in [0.717, 1.165) is 69.6 Å². The molecule has 1 saturated heterocycles. The molecule has 0 aliphatic carbocycles. The lowest BCUT2D eigenvalue weighted by molar-refractivity contribution is -0.137. The third kappa shape index (κ3) is 5.04. The molecule has 2 aliphatic heterocycles. The fourth-order valence-corrected chi connectivity index (χ4v) is 3.98. The van der Waals surface area contributed by atoms with Crippen LogP contribution in [0.1, 0.15) is 51.5 Å². The Hall–Kier alpha value is -2.34. The fraction of sp³-hybridized carbons (Fsp3) is 0.583. The number of amides is 2. The van der Waals surface area contributed by atoms with Gasteiger partial charge in [-0.2, -0.15) is 0 Å². The third-order valence-electron chi connectivity index (χ3n) is 5.81. The number of likely N-dealkylation sites (N-methyl/N-ethyl adjacent to an activating group) is 1. The zero-order chi connectivity index (χ0) is 21.5. The van der Waals surface area contributed by atoms with E-state index in [1.165, 1.54) is 4.90 Å². The van der Waals surface area contributed by atoms with Crippen molar-refractivity contribution in [1.82, 2.24) is 14.7 Å². The van der Waals surface area contributed by atoms with Crippen LogP contribution in [0.2, 0.25) is 0 Å². The largest absolute Gasteiger partial charge is 0.494 e. The van der Waals surface area contributed by atoms with E-state index < -0.39 is 0 Å². The van der Waals surface area contributed by atoms with Crippen molar-refractivity contribution in [3.8, 4) is 5.75 Å². The molecular formula is C24H35N3O3. The van der Waals surface area contributed by atoms with Crippen LogP contribution in [-0.2, 0) is 9.59 Å². The highest BCUT2D eigenvalue weighted by molar-refractivity contribution is 6.35. The molecule has 1 aromatic rings. The molecular weight excluding hydrogens is 378 g/mol. The molecule has 3 rings (SSSR count). The number of rotatable bonds is 10. The Morgan fingerprint density at radius 1 is 0.867 bits per heavy atom. The first kappa shape index (κ1) is 22.3. The second-order valence-corrected chi connectivity index (χ2v) is 8.21. The van der Waals surface area contributed by atoms with Crippen molar-refractivity contribution in [2.24, 2.45) is 0 Å². The standard InChI is InChI=1S/C24H35N3O3/c1-4-6-7-8-13-27-23(28)21(19-9-11-20(12-10-19)30-18-5-2)22(24(27)29)26-16-14-25(3)15-17-26/h9-12H,4-8,13-18H2,1-3H3. The molecule has 2 amide bonds. The molecule has 0 saturated carbocycles. The summed E-state index contributed by atoms with van der Waals surface area (Å²) in [5.41, 5.74) is 1.91. The normalized spacial score (nSPS) is 18.0. The summed E-state index contributed by atoms with van der Waals surface area (Å²) >= 11 is 0. The van der Waals surface area contributed by atoms with Gasteiger partial charge in [0.1, 0.15) is 11.4 Å². The molecule has 0 radical (unpaired) electrons. The van der Waals surface area contributed by atoms with Crippen LogP contribution in [-0.4, -0.2) is 72.9 Å². The minimum absolute atomic E-state index is 0.137. The molecule has 1 aromatic carbocycles. The van der Waals surface area contributed by atoms with Gasteiger partial charge in [0.15, 0.2) is 0 Å². The average molecular weight is 414 g/mol. The predicted molar refractivity (Wildman–Crippen MR) is 119 cm³/mol. The van der Waals surface area contributed by atoms with Gasteiger partial charge in [0.05, 0.1) is 12.2 Å².